The number of nitrogens with two attached hydrogens (primary N) is 1. The van der Waals surface area contributed by atoms with Gasteiger partial charge in [0.2, 0.25) is 0 Å². The van der Waals surface area contributed by atoms with Crippen molar-refractivity contribution in [3.8, 4) is 0 Å². The Kier molecular flexibility index (Phi) is 3.74. The van der Waals surface area contributed by atoms with Crippen molar-refractivity contribution in [1.29, 1.82) is 0 Å². The zero-order chi connectivity index (χ0) is 11.4. The molecule has 0 fully saturated rings. The molecular formula is C10H13F2N3. The number of hydrazine groups is 1. The third-order valence-corrected chi connectivity index (χ3v) is 1.72. The topological polar surface area (TPSA) is 50.4 Å². The Labute approximate surface area is 87.0 Å². The molecule has 0 aliphatic rings. The molecule has 0 amide bonds. The highest BCUT2D eigenvalue weighted by Gasteiger charge is 2.07. The Morgan fingerprint density at radius 2 is 2.00 bits per heavy atom. The summed E-state index contributed by atoms with van der Waals surface area (Å²) in [6.45, 7) is 3.72. The number of nitrogens with zero attached hydrogens (tertiary/aromatic N) is 1. The van der Waals surface area contributed by atoms with Gasteiger partial charge in [0, 0.05) is 11.6 Å². The molecule has 1 rings (SSSR count). The molecule has 1 aromatic carbocycles. The number of hydrogen-bond acceptors (Lipinski definition) is 2. The monoisotopic (exact) mass is 213 g/mol. The summed E-state index contributed by atoms with van der Waals surface area (Å²) in [6.07, 6.45) is 0. The summed E-state index contributed by atoms with van der Waals surface area (Å²) in [6, 6.07) is 3.53. The molecule has 0 unspecified atom stereocenters. The van der Waals surface area contributed by atoms with Gasteiger partial charge < -0.3 is 5.43 Å². The molecule has 0 bridgehead atoms. The van der Waals surface area contributed by atoms with E-state index in [0.717, 1.165) is 12.1 Å². The first-order valence-electron chi connectivity index (χ1n) is 4.54. The Balaban J connectivity index is 3.08. The molecule has 15 heavy (non-hydrogen) atoms. The maximum Gasteiger partial charge on any atom is 0.159 e. The highest BCUT2D eigenvalue weighted by molar-refractivity contribution is 5.98. The van der Waals surface area contributed by atoms with E-state index in [0.29, 0.717) is 11.4 Å². The molecule has 1 aromatic rings. The van der Waals surface area contributed by atoms with Crippen LogP contribution in [0.5, 0.6) is 0 Å². The van der Waals surface area contributed by atoms with E-state index in [2.05, 4.69) is 10.4 Å². The minimum absolute atomic E-state index is 0.0177. The van der Waals surface area contributed by atoms with Crippen LogP contribution in [0.2, 0.25) is 0 Å². The van der Waals surface area contributed by atoms with Gasteiger partial charge in [-0.25, -0.2) is 14.6 Å². The Hall–Kier alpha value is -1.49. The molecule has 0 heterocycles. The van der Waals surface area contributed by atoms with Gasteiger partial charge in [0.1, 0.15) is 5.84 Å². The van der Waals surface area contributed by atoms with E-state index in [9.17, 15) is 8.78 Å². The maximum atomic E-state index is 12.9. The second-order valence-corrected chi connectivity index (χ2v) is 3.34. The highest BCUT2D eigenvalue weighted by Crippen LogP contribution is 2.09. The molecule has 0 atom stereocenters. The average Bonchev–Trinajstić information content (AvgIpc) is 2.18. The lowest BCUT2D eigenvalue weighted by atomic mass is 10.2. The van der Waals surface area contributed by atoms with Gasteiger partial charge in [-0.15, -0.1) is 0 Å². The number of benzene rings is 1. The quantitative estimate of drug-likeness (QED) is 0.339. The van der Waals surface area contributed by atoms with Crippen molar-refractivity contribution < 1.29 is 8.78 Å². The molecule has 3 N–H and O–H groups in total. The third-order valence-electron chi connectivity index (χ3n) is 1.72. The van der Waals surface area contributed by atoms with Crippen molar-refractivity contribution in [3.63, 3.8) is 0 Å². The van der Waals surface area contributed by atoms with Gasteiger partial charge in [-0.3, -0.25) is 4.99 Å². The van der Waals surface area contributed by atoms with E-state index in [1.165, 1.54) is 6.07 Å². The van der Waals surface area contributed by atoms with Crippen LogP contribution in [0.25, 0.3) is 0 Å². The van der Waals surface area contributed by atoms with Gasteiger partial charge in [-0.1, -0.05) is 0 Å². The van der Waals surface area contributed by atoms with Crippen molar-refractivity contribution in [3.05, 3.63) is 35.4 Å². The highest BCUT2D eigenvalue weighted by atomic mass is 19.2. The summed E-state index contributed by atoms with van der Waals surface area (Å²) in [4.78, 5) is 4.13. The molecule has 0 saturated carbocycles. The predicted octanol–water partition coefficient (Wildman–Crippen LogP) is 1.58. The van der Waals surface area contributed by atoms with Crippen LogP contribution in [0.3, 0.4) is 0 Å². The molecule has 0 aliphatic heterocycles. The van der Waals surface area contributed by atoms with Crippen LogP contribution in [-0.4, -0.2) is 11.9 Å². The second-order valence-electron chi connectivity index (χ2n) is 3.34. The van der Waals surface area contributed by atoms with Crippen molar-refractivity contribution in [2.24, 2.45) is 10.8 Å². The van der Waals surface area contributed by atoms with Crippen molar-refractivity contribution in [1.82, 2.24) is 5.43 Å². The van der Waals surface area contributed by atoms with Crippen LogP contribution in [0.4, 0.5) is 8.78 Å². The molecule has 0 radical (unpaired) electrons. The Morgan fingerprint density at radius 1 is 1.33 bits per heavy atom. The van der Waals surface area contributed by atoms with Crippen molar-refractivity contribution >= 4 is 5.84 Å². The van der Waals surface area contributed by atoms with Crippen LogP contribution >= 0.6 is 0 Å². The molecule has 0 spiro atoms. The first-order chi connectivity index (χ1) is 7.04. The molecule has 5 heteroatoms. The normalized spacial score (nSPS) is 12.0. The fraction of sp³-hybridized carbons (Fsp3) is 0.300. The predicted molar refractivity (Wildman–Crippen MR) is 55.4 cm³/mol. The summed E-state index contributed by atoms with van der Waals surface area (Å²) in [7, 11) is 0. The second kappa shape index (κ2) is 4.84. The smallest absolute Gasteiger partial charge is 0.159 e. The van der Waals surface area contributed by atoms with Gasteiger partial charge in [0.05, 0.1) is 0 Å². The Morgan fingerprint density at radius 3 is 2.47 bits per heavy atom. The average molecular weight is 213 g/mol. The maximum absolute atomic E-state index is 12.9. The number of rotatable bonds is 2. The largest absolute Gasteiger partial charge is 0.308 e. The van der Waals surface area contributed by atoms with Crippen molar-refractivity contribution in [2.75, 3.05) is 0 Å². The molecule has 0 aromatic heterocycles. The minimum atomic E-state index is -0.917. The van der Waals surface area contributed by atoms with E-state index >= 15 is 0 Å². The van der Waals surface area contributed by atoms with Crippen LogP contribution in [0, 0.1) is 11.6 Å². The number of amidine groups is 1. The van der Waals surface area contributed by atoms with Crippen molar-refractivity contribution in [2.45, 2.75) is 19.9 Å². The zero-order valence-electron chi connectivity index (χ0n) is 8.59. The number of nitrogens with one attached hydrogen (secondary N) is 1. The Bertz CT molecular complexity index is 375. The minimum Gasteiger partial charge on any atom is -0.308 e. The third kappa shape index (κ3) is 2.99. The molecule has 3 nitrogen and oxygen atoms in total. The number of halogens is 2. The lowest BCUT2D eigenvalue weighted by molar-refractivity contribution is 0.508. The van der Waals surface area contributed by atoms with E-state index in [4.69, 9.17) is 5.84 Å². The fourth-order valence-corrected chi connectivity index (χ4v) is 1.10. The van der Waals surface area contributed by atoms with E-state index in [1.54, 1.807) is 0 Å². The first kappa shape index (κ1) is 11.6. The summed E-state index contributed by atoms with van der Waals surface area (Å²) in [5.74, 6) is 3.77. The van der Waals surface area contributed by atoms with Crippen LogP contribution in [-0.2, 0) is 0 Å². The summed E-state index contributed by atoms with van der Waals surface area (Å²) in [5.41, 5.74) is 2.78. The van der Waals surface area contributed by atoms with Crippen LogP contribution in [0.15, 0.2) is 23.2 Å². The van der Waals surface area contributed by atoms with E-state index in [-0.39, 0.29) is 6.04 Å². The lowest BCUT2D eigenvalue weighted by Gasteiger charge is -2.07. The van der Waals surface area contributed by atoms with Gasteiger partial charge in [0.25, 0.3) is 0 Å². The summed E-state index contributed by atoms with van der Waals surface area (Å²) < 4.78 is 25.6. The summed E-state index contributed by atoms with van der Waals surface area (Å²) in [5, 5.41) is 0. The van der Waals surface area contributed by atoms with Crippen LogP contribution < -0.4 is 11.3 Å². The first-order valence-corrected chi connectivity index (χ1v) is 4.54. The van der Waals surface area contributed by atoms with Gasteiger partial charge in [-0.05, 0) is 32.0 Å². The van der Waals surface area contributed by atoms with Gasteiger partial charge in [-0.2, -0.15) is 0 Å². The van der Waals surface area contributed by atoms with E-state index in [1.807, 2.05) is 13.8 Å². The SMILES string of the molecule is CC(C)N=C(NN)c1ccc(F)c(F)c1. The van der Waals surface area contributed by atoms with E-state index < -0.39 is 11.6 Å². The molecular weight excluding hydrogens is 200 g/mol. The molecule has 0 saturated heterocycles. The summed E-state index contributed by atoms with van der Waals surface area (Å²) >= 11 is 0. The zero-order valence-corrected chi connectivity index (χ0v) is 8.59. The molecule has 0 aliphatic carbocycles. The lowest BCUT2D eigenvalue weighted by Crippen LogP contribution is -2.32. The van der Waals surface area contributed by atoms with Gasteiger partial charge in [0.15, 0.2) is 11.6 Å². The fourth-order valence-electron chi connectivity index (χ4n) is 1.10. The standard InChI is InChI=1S/C10H13F2N3/c1-6(2)14-10(15-13)7-3-4-8(11)9(12)5-7/h3-6H,13H2,1-2H3,(H,14,15). The number of aliphatic imine (C=N–C) groups is 1. The molecule has 82 valence electrons. The van der Waals surface area contributed by atoms with Gasteiger partial charge >= 0.3 is 0 Å². The van der Waals surface area contributed by atoms with Crippen LogP contribution in [0.1, 0.15) is 19.4 Å². The number of hydrogen-bond donors (Lipinski definition) is 2.